The van der Waals surface area contributed by atoms with Gasteiger partial charge in [-0.3, -0.25) is 0 Å². The van der Waals surface area contributed by atoms with Crippen molar-refractivity contribution in [2.75, 3.05) is 13.2 Å². The van der Waals surface area contributed by atoms with E-state index in [9.17, 15) is 0 Å². The summed E-state index contributed by atoms with van der Waals surface area (Å²) in [5.74, 6) is 0. The molecule has 0 fully saturated rings. The van der Waals surface area contributed by atoms with Crippen molar-refractivity contribution in [1.29, 1.82) is 0 Å². The van der Waals surface area contributed by atoms with E-state index in [0.717, 1.165) is 19.6 Å². The van der Waals surface area contributed by atoms with E-state index >= 15 is 0 Å². The summed E-state index contributed by atoms with van der Waals surface area (Å²) in [7, 11) is 0. The van der Waals surface area contributed by atoms with Crippen molar-refractivity contribution in [2.45, 2.75) is 6.42 Å². The molecule has 0 saturated carbocycles. The van der Waals surface area contributed by atoms with Crippen LogP contribution in [0.1, 0.15) is 6.42 Å². The van der Waals surface area contributed by atoms with Gasteiger partial charge >= 0.3 is 51.0 Å². The van der Waals surface area contributed by atoms with Gasteiger partial charge in [0.05, 0.1) is 0 Å². The van der Waals surface area contributed by atoms with E-state index in [4.69, 9.17) is 4.52 Å². The van der Waals surface area contributed by atoms with Crippen LogP contribution in [-0.2, 0) is 4.52 Å². The Labute approximate surface area is 51.6 Å². The quantitative estimate of drug-likeness (QED) is 0.405. The van der Waals surface area contributed by atoms with Gasteiger partial charge in [0.1, 0.15) is 0 Å². The predicted molar refractivity (Wildman–Crippen MR) is 30.5 cm³/mol. The Morgan fingerprint density at radius 1 is 1.71 bits per heavy atom. The Morgan fingerprint density at radius 3 is 2.86 bits per heavy atom. The van der Waals surface area contributed by atoms with Crippen molar-refractivity contribution in [2.24, 2.45) is 4.74 Å². The normalized spacial score (nSPS) is 26.7. The van der Waals surface area contributed by atoms with Crippen LogP contribution in [0.25, 0.3) is 0 Å². The molecule has 7 heavy (non-hydrogen) atoms. The van der Waals surface area contributed by atoms with Gasteiger partial charge in [-0.2, -0.15) is 0 Å². The van der Waals surface area contributed by atoms with Gasteiger partial charge in [0.2, 0.25) is 0 Å². The molecule has 1 radical (unpaired) electrons. The van der Waals surface area contributed by atoms with Crippen LogP contribution in [-0.4, -0.2) is 28.7 Å². The maximum absolute atomic E-state index is 5.12. The first-order valence-corrected chi connectivity index (χ1v) is 5.60. The Morgan fingerprint density at radius 2 is 2.57 bits per heavy atom. The van der Waals surface area contributed by atoms with Gasteiger partial charge in [0, 0.05) is 0 Å². The molecule has 1 atom stereocenters. The fourth-order valence-electron chi connectivity index (χ4n) is 0.400. The molecule has 1 unspecified atom stereocenters. The zero-order chi connectivity index (χ0) is 5.11. The molecule has 0 bridgehead atoms. The molecule has 0 aromatic heterocycles. The zero-order valence-corrected chi connectivity index (χ0v) is 6.44. The van der Waals surface area contributed by atoms with E-state index in [2.05, 4.69) is 20.3 Å². The molecule has 0 aromatic carbocycles. The summed E-state index contributed by atoms with van der Waals surface area (Å²) in [5.41, 5.74) is 0. The van der Waals surface area contributed by atoms with Crippen LogP contribution in [0.15, 0.2) is 4.74 Å². The minimum absolute atomic E-state index is 0.492. The van der Waals surface area contributed by atoms with Crippen molar-refractivity contribution in [3.8, 4) is 0 Å². The Balaban J connectivity index is 2.40. The topological polar surface area (TPSA) is 21.6 Å². The first kappa shape index (κ1) is 5.71. The number of hydrogen-bond acceptors (Lipinski definition) is 2. The number of nitrogens with zero attached hydrogens (tertiary/aromatic N) is 1. The SMILES string of the molecule is [Se][P+]1=NCCCO1. The number of hydrogen-bond donors (Lipinski definition) is 0. The van der Waals surface area contributed by atoms with Crippen molar-refractivity contribution in [1.82, 2.24) is 0 Å². The molecule has 2 nitrogen and oxygen atoms in total. The molecule has 4 heteroatoms. The molecule has 0 spiro atoms. The average molecular weight is 182 g/mol. The van der Waals surface area contributed by atoms with E-state index in [1.54, 1.807) is 0 Å². The Hall–Kier alpha value is 0.579. The summed E-state index contributed by atoms with van der Waals surface area (Å²) < 4.78 is 9.24. The summed E-state index contributed by atoms with van der Waals surface area (Å²) in [4.78, 5) is 0. The molecule has 39 valence electrons. The summed E-state index contributed by atoms with van der Waals surface area (Å²) >= 11 is 2.85. The molecule has 0 amide bonds. The Bertz CT molecular complexity index is 94.9. The average Bonchev–Trinajstić information content (AvgIpc) is 1.69. The molecule has 1 aliphatic heterocycles. The number of rotatable bonds is 0. The van der Waals surface area contributed by atoms with Crippen LogP contribution in [0.2, 0.25) is 0 Å². The molecular weight excluding hydrogens is 176 g/mol. The molecule has 0 saturated heterocycles. The van der Waals surface area contributed by atoms with E-state index in [-0.39, 0.29) is 0 Å². The van der Waals surface area contributed by atoms with Crippen LogP contribution in [0.5, 0.6) is 0 Å². The maximum atomic E-state index is 5.12. The Kier molecular flexibility index (Phi) is 2.27. The fourth-order valence-corrected chi connectivity index (χ4v) is 2.06. The summed E-state index contributed by atoms with van der Waals surface area (Å²) in [6.07, 6.45) is 1.10. The van der Waals surface area contributed by atoms with E-state index in [1.165, 1.54) is 0 Å². The van der Waals surface area contributed by atoms with Gasteiger partial charge in [-0.15, -0.1) is 0 Å². The first-order valence-electron chi connectivity index (χ1n) is 2.17. The third-order valence-corrected chi connectivity index (χ3v) is 2.94. The van der Waals surface area contributed by atoms with Gasteiger partial charge in [-0.25, -0.2) is 0 Å². The second-order valence-corrected chi connectivity index (χ2v) is 4.27. The molecule has 0 N–H and O–H groups in total. The van der Waals surface area contributed by atoms with Crippen LogP contribution < -0.4 is 0 Å². The monoisotopic (exact) mass is 183 g/mol. The summed E-state index contributed by atoms with van der Waals surface area (Å²) in [6, 6.07) is 0. The first-order chi connectivity index (χ1) is 3.39. The van der Waals surface area contributed by atoms with Crippen molar-refractivity contribution in [3.05, 3.63) is 0 Å². The molecule has 0 aliphatic carbocycles. The van der Waals surface area contributed by atoms with Gasteiger partial charge in [0.15, 0.2) is 0 Å². The van der Waals surface area contributed by atoms with Gasteiger partial charge in [0.25, 0.3) is 0 Å². The van der Waals surface area contributed by atoms with Gasteiger partial charge in [-0.05, 0) is 0 Å². The van der Waals surface area contributed by atoms with Gasteiger partial charge in [-0.1, -0.05) is 0 Å². The van der Waals surface area contributed by atoms with E-state index in [1.807, 2.05) is 0 Å². The third-order valence-electron chi connectivity index (χ3n) is 0.720. The second kappa shape index (κ2) is 2.78. The molecule has 1 heterocycles. The standard InChI is InChI=1S/C3H6NOPSe/c7-6-4-2-1-3-5-6/h1-3H2/q+1. The minimum atomic E-state index is -0.492. The van der Waals surface area contributed by atoms with Crippen LogP contribution >= 0.6 is 6.63 Å². The second-order valence-electron chi connectivity index (χ2n) is 1.29. The summed E-state index contributed by atoms with van der Waals surface area (Å²) in [5, 5.41) is 0. The van der Waals surface area contributed by atoms with Crippen LogP contribution in [0.4, 0.5) is 0 Å². The zero-order valence-electron chi connectivity index (χ0n) is 3.83. The van der Waals surface area contributed by atoms with Crippen molar-refractivity contribution >= 4 is 22.2 Å². The molecule has 1 rings (SSSR count). The fraction of sp³-hybridized carbons (Fsp3) is 1.00. The summed E-state index contributed by atoms with van der Waals surface area (Å²) in [6.45, 7) is 1.38. The predicted octanol–water partition coefficient (Wildman–Crippen LogP) is 1.07. The molecule has 0 aromatic rings. The van der Waals surface area contributed by atoms with Gasteiger partial charge < -0.3 is 0 Å². The van der Waals surface area contributed by atoms with E-state index < -0.39 is 6.63 Å². The molecule has 1 aliphatic rings. The van der Waals surface area contributed by atoms with E-state index in [0.29, 0.717) is 0 Å². The third kappa shape index (κ3) is 1.87. The van der Waals surface area contributed by atoms with Crippen LogP contribution in [0.3, 0.4) is 0 Å². The van der Waals surface area contributed by atoms with Crippen LogP contribution in [0, 0.1) is 0 Å². The van der Waals surface area contributed by atoms with Crippen molar-refractivity contribution in [3.63, 3.8) is 0 Å². The van der Waals surface area contributed by atoms with Crippen molar-refractivity contribution < 1.29 is 4.52 Å². The molecular formula is C3H6NOPSe+.